The van der Waals surface area contributed by atoms with E-state index in [0.29, 0.717) is 36.5 Å². The van der Waals surface area contributed by atoms with Crippen LogP contribution in [0.15, 0.2) is 54.6 Å². The summed E-state index contributed by atoms with van der Waals surface area (Å²) in [5, 5.41) is 5.55. The van der Waals surface area contributed by atoms with Crippen molar-refractivity contribution in [3.8, 4) is 11.5 Å². The van der Waals surface area contributed by atoms with Crippen LogP contribution in [-0.2, 0) is 15.1 Å². The average molecular weight is 423 g/mol. The lowest BCUT2D eigenvalue weighted by atomic mass is 9.85. The minimum absolute atomic E-state index is 0.204. The van der Waals surface area contributed by atoms with E-state index >= 15 is 0 Å². The third-order valence-corrected chi connectivity index (χ3v) is 5.46. The summed E-state index contributed by atoms with van der Waals surface area (Å²) in [7, 11) is 0. The number of fused-ring (bicyclic) bond motifs is 1. The van der Waals surface area contributed by atoms with E-state index < -0.39 is 23.4 Å². The first-order chi connectivity index (χ1) is 15.0. The summed E-state index contributed by atoms with van der Waals surface area (Å²) in [6, 6.07) is 15.9. The second kappa shape index (κ2) is 8.67. The van der Waals surface area contributed by atoms with Crippen LogP contribution in [0.2, 0.25) is 0 Å². The molecule has 0 bridgehead atoms. The molecule has 0 unspecified atom stereocenters. The molecule has 2 aliphatic rings. The summed E-state index contributed by atoms with van der Waals surface area (Å²) in [4.78, 5) is 39.3. The Morgan fingerprint density at radius 1 is 1.13 bits per heavy atom. The monoisotopic (exact) mass is 423 g/mol. The van der Waals surface area contributed by atoms with Gasteiger partial charge >= 0.3 is 6.03 Å². The number of carbonyl (C=O) groups excluding carboxylic acids is 3. The normalized spacial score (nSPS) is 22.2. The molecule has 8 heteroatoms. The third-order valence-electron chi connectivity index (χ3n) is 5.46. The molecule has 4 amide bonds. The zero-order valence-corrected chi connectivity index (χ0v) is 17.3. The van der Waals surface area contributed by atoms with Gasteiger partial charge in [0.15, 0.2) is 11.5 Å². The lowest BCUT2D eigenvalue weighted by Crippen LogP contribution is -2.47. The van der Waals surface area contributed by atoms with Crippen molar-refractivity contribution in [1.82, 2.24) is 15.5 Å². The van der Waals surface area contributed by atoms with Crippen molar-refractivity contribution in [3.63, 3.8) is 0 Å². The zero-order chi connectivity index (χ0) is 21.8. The van der Waals surface area contributed by atoms with Gasteiger partial charge in [-0.2, -0.15) is 0 Å². The van der Waals surface area contributed by atoms with Gasteiger partial charge in [-0.05, 0) is 24.1 Å². The maximum atomic E-state index is 13.2. The van der Waals surface area contributed by atoms with E-state index in [1.54, 1.807) is 6.07 Å². The molecule has 0 aromatic heterocycles. The first kappa shape index (κ1) is 20.7. The number of ether oxygens (including phenoxy) is 2. The second-order valence-electron chi connectivity index (χ2n) is 7.64. The summed E-state index contributed by atoms with van der Waals surface area (Å²) in [5.74, 6) is 0.435. The van der Waals surface area contributed by atoms with Gasteiger partial charge < -0.3 is 20.1 Å². The molecule has 162 valence electrons. The Hall–Kier alpha value is -3.55. The van der Waals surface area contributed by atoms with E-state index in [9.17, 15) is 14.4 Å². The highest BCUT2D eigenvalue weighted by Crippen LogP contribution is 2.33. The number of rotatable bonds is 7. The molecule has 1 fully saturated rings. The molecule has 0 aliphatic carbocycles. The van der Waals surface area contributed by atoms with Gasteiger partial charge in [0.1, 0.15) is 24.8 Å². The summed E-state index contributed by atoms with van der Waals surface area (Å²) in [5.41, 5.74) is -0.429. The molecule has 2 N–H and O–H groups in total. The van der Waals surface area contributed by atoms with E-state index in [2.05, 4.69) is 10.6 Å². The third kappa shape index (κ3) is 4.05. The van der Waals surface area contributed by atoms with E-state index in [1.807, 2.05) is 55.5 Å². The predicted octanol–water partition coefficient (Wildman–Crippen LogP) is 2.19. The Morgan fingerprint density at radius 2 is 1.84 bits per heavy atom. The second-order valence-corrected chi connectivity index (χ2v) is 7.64. The molecule has 2 aromatic carbocycles. The predicted molar refractivity (Wildman–Crippen MR) is 113 cm³/mol. The number of para-hydroxylation sites is 2. The first-order valence-electron chi connectivity index (χ1n) is 10.4. The number of nitrogens with one attached hydrogen (secondary N) is 2. The van der Waals surface area contributed by atoms with Crippen LogP contribution in [0.3, 0.4) is 0 Å². The highest BCUT2D eigenvalue weighted by molar-refractivity contribution is 6.09. The Kier molecular flexibility index (Phi) is 5.79. The van der Waals surface area contributed by atoms with Crippen LogP contribution < -0.4 is 20.1 Å². The Balaban J connectivity index is 1.38. The van der Waals surface area contributed by atoms with Crippen molar-refractivity contribution in [2.45, 2.75) is 31.4 Å². The SMILES string of the molecule is CCC[C@]1(c2ccccc2)NC(=O)N(CC(=O)NC[C@@H]2COc3ccccc3O2)C1=O. The fourth-order valence-corrected chi connectivity index (χ4v) is 3.97. The molecule has 31 heavy (non-hydrogen) atoms. The number of hydrogen-bond donors (Lipinski definition) is 2. The topological polar surface area (TPSA) is 97.0 Å². The molecular formula is C23H25N3O5. The van der Waals surface area contributed by atoms with E-state index in [1.165, 1.54) is 0 Å². The molecule has 2 aromatic rings. The van der Waals surface area contributed by atoms with E-state index in [-0.39, 0.29) is 19.2 Å². The van der Waals surface area contributed by atoms with Gasteiger partial charge in [-0.3, -0.25) is 14.5 Å². The fourth-order valence-electron chi connectivity index (χ4n) is 3.97. The van der Waals surface area contributed by atoms with Crippen molar-refractivity contribution in [2.24, 2.45) is 0 Å². The Morgan fingerprint density at radius 3 is 2.58 bits per heavy atom. The van der Waals surface area contributed by atoms with Gasteiger partial charge in [-0.25, -0.2) is 4.79 Å². The maximum Gasteiger partial charge on any atom is 0.325 e. The summed E-state index contributed by atoms with van der Waals surface area (Å²) >= 11 is 0. The standard InChI is InChI=1S/C23H25N3O5/c1-2-12-23(16-8-4-3-5-9-16)21(28)26(22(29)25-23)14-20(27)24-13-17-15-30-18-10-6-7-11-19(18)31-17/h3-11,17H,2,12-15H2,1H3,(H,24,27)(H,25,29)/t17-,23-/m1/s1. The molecular weight excluding hydrogens is 398 g/mol. The van der Waals surface area contributed by atoms with E-state index in [4.69, 9.17) is 9.47 Å². The van der Waals surface area contributed by atoms with Crippen LogP contribution in [0.1, 0.15) is 25.3 Å². The van der Waals surface area contributed by atoms with Crippen molar-refractivity contribution in [3.05, 3.63) is 60.2 Å². The van der Waals surface area contributed by atoms with Crippen molar-refractivity contribution < 1.29 is 23.9 Å². The van der Waals surface area contributed by atoms with Gasteiger partial charge in [-0.15, -0.1) is 0 Å². The summed E-state index contributed by atoms with van der Waals surface area (Å²) < 4.78 is 11.5. The number of carbonyl (C=O) groups is 3. The highest BCUT2D eigenvalue weighted by atomic mass is 16.6. The fraction of sp³-hybridized carbons (Fsp3) is 0.348. The molecule has 8 nitrogen and oxygen atoms in total. The summed E-state index contributed by atoms with van der Waals surface area (Å²) in [6.45, 7) is 2.10. The van der Waals surface area contributed by atoms with Crippen LogP contribution in [-0.4, -0.2) is 48.5 Å². The lowest BCUT2D eigenvalue weighted by molar-refractivity contribution is -0.135. The number of nitrogens with zero attached hydrogens (tertiary/aromatic N) is 1. The number of benzene rings is 2. The van der Waals surface area contributed by atoms with Gasteiger partial charge in [0.25, 0.3) is 5.91 Å². The summed E-state index contributed by atoms with van der Waals surface area (Å²) in [6.07, 6.45) is 0.791. The molecule has 0 spiro atoms. The number of imide groups is 1. The maximum absolute atomic E-state index is 13.2. The Labute approximate surface area is 180 Å². The number of hydrogen-bond acceptors (Lipinski definition) is 5. The molecule has 4 rings (SSSR count). The van der Waals surface area contributed by atoms with Gasteiger partial charge in [0.2, 0.25) is 5.91 Å². The smallest absolute Gasteiger partial charge is 0.325 e. The molecule has 2 atom stereocenters. The lowest BCUT2D eigenvalue weighted by Gasteiger charge is -2.27. The van der Waals surface area contributed by atoms with Crippen molar-refractivity contribution in [2.75, 3.05) is 19.7 Å². The largest absolute Gasteiger partial charge is 0.486 e. The zero-order valence-electron chi connectivity index (χ0n) is 17.3. The van der Waals surface area contributed by atoms with Crippen LogP contribution in [0.5, 0.6) is 11.5 Å². The van der Waals surface area contributed by atoms with Gasteiger partial charge in [0, 0.05) is 0 Å². The molecule has 0 radical (unpaired) electrons. The minimum atomic E-state index is -1.14. The van der Waals surface area contributed by atoms with E-state index in [0.717, 1.165) is 4.90 Å². The number of urea groups is 1. The highest BCUT2D eigenvalue weighted by Gasteiger charge is 2.52. The van der Waals surface area contributed by atoms with Crippen molar-refractivity contribution >= 4 is 17.8 Å². The Bertz CT molecular complexity index is 980. The quantitative estimate of drug-likeness (QED) is 0.666. The minimum Gasteiger partial charge on any atom is -0.486 e. The molecule has 1 saturated heterocycles. The average Bonchev–Trinajstić information content (AvgIpc) is 3.03. The van der Waals surface area contributed by atoms with Crippen LogP contribution in [0, 0.1) is 0 Å². The van der Waals surface area contributed by atoms with Crippen LogP contribution in [0.25, 0.3) is 0 Å². The first-order valence-corrected chi connectivity index (χ1v) is 10.4. The van der Waals surface area contributed by atoms with Gasteiger partial charge in [0.05, 0.1) is 6.54 Å². The van der Waals surface area contributed by atoms with Gasteiger partial charge in [-0.1, -0.05) is 55.8 Å². The van der Waals surface area contributed by atoms with Crippen molar-refractivity contribution in [1.29, 1.82) is 0 Å². The molecule has 2 heterocycles. The number of amides is 4. The van der Waals surface area contributed by atoms with Crippen LogP contribution in [0.4, 0.5) is 4.79 Å². The molecule has 2 aliphatic heterocycles. The molecule has 0 saturated carbocycles. The van der Waals surface area contributed by atoms with Crippen LogP contribution >= 0.6 is 0 Å².